The number of para-hydroxylation sites is 3. The number of carbonyl (C=O) groups excluding carboxylic acids is 1. The second-order valence-electron chi connectivity index (χ2n) is 6.96. The number of aryl methyl sites for hydroxylation is 2. The van der Waals surface area contributed by atoms with Gasteiger partial charge in [-0.25, -0.2) is 0 Å². The van der Waals surface area contributed by atoms with Crippen LogP contribution in [-0.4, -0.2) is 55.4 Å². The van der Waals surface area contributed by atoms with Gasteiger partial charge in [0.05, 0.1) is 13.7 Å². The molecule has 3 rings (SSSR count). The third-order valence-electron chi connectivity index (χ3n) is 4.85. The fourth-order valence-electron chi connectivity index (χ4n) is 3.47. The first-order chi connectivity index (χ1) is 13.5. The number of aliphatic hydroxyl groups excluding tert-OH is 1. The van der Waals surface area contributed by atoms with Crippen LogP contribution in [0.15, 0.2) is 42.5 Å². The topological polar surface area (TPSA) is 62.2 Å². The number of methoxy groups -OCH3 is 1. The zero-order valence-corrected chi connectivity index (χ0v) is 16.6. The number of anilines is 1. The molecule has 1 saturated heterocycles. The molecule has 1 aliphatic rings. The van der Waals surface area contributed by atoms with Crippen LogP contribution in [0.1, 0.15) is 11.1 Å². The monoisotopic (exact) mass is 383 g/mol. The van der Waals surface area contributed by atoms with Gasteiger partial charge in [-0.3, -0.25) is 4.79 Å². The van der Waals surface area contributed by atoms with Gasteiger partial charge >= 0.3 is 0 Å². The first kappa shape index (κ1) is 20.0. The van der Waals surface area contributed by atoms with Crippen LogP contribution in [0.4, 0.5) is 5.69 Å². The number of rotatable bonds is 7. The summed E-state index contributed by atoms with van der Waals surface area (Å²) in [5.74, 6) is 1.08. The van der Waals surface area contributed by atoms with Crippen molar-refractivity contribution >= 4 is 11.6 Å². The smallest absolute Gasteiger partial charge is 0.248 e. The molecule has 2 aromatic rings. The number of aliphatic hydroxyl groups is 1. The number of carbonyl (C=O) groups is 1. The Labute approximate surface area is 166 Å². The molecule has 1 amide bonds. The van der Waals surface area contributed by atoms with E-state index < -0.39 is 6.10 Å². The molecule has 2 aromatic carbocycles. The van der Waals surface area contributed by atoms with Gasteiger partial charge in [0.2, 0.25) is 5.91 Å². The summed E-state index contributed by atoms with van der Waals surface area (Å²) in [6, 6.07) is 13.4. The Morgan fingerprint density at radius 3 is 2.36 bits per heavy atom. The maximum atomic E-state index is 12.6. The molecule has 6 heteroatoms. The highest BCUT2D eigenvalue weighted by atomic mass is 16.5. The minimum atomic E-state index is -0.783. The van der Waals surface area contributed by atoms with Gasteiger partial charge in [0.15, 0.2) is 11.5 Å². The molecule has 28 heavy (non-hydrogen) atoms. The van der Waals surface area contributed by atoms with Crippen molar-refractivity contribution < 1.29 is 19.4 Å². The lowest BCUT2D eigenvalue weighted by Crippen LogP contribution is -2.50. The van der Waals surface area contributed by atoms with Crippen molar-refractivity contribution in [3.05, 3.63) is 60.1 Å². The van der Waals surface area contributed by atoms with E-state index in [-0.39, 0.29) is 19.1 Å². The van der Waals surface area contributed by atoms with Gasteiger partial charge in [0.1, 0.15) is 19.3 Å². The van der Waals surface area contributed by atoms with Crippen LogP contribution in [0.3, 0.4) is 0 Å². The molecular weight excluding hydrogens is 356 g/mol. The average molecular weight is 383 g/mol. The van der Waals surface area contributed by atoms with E-state index in [1.165, 1.54) is 0 Å². The Morgan fingerprint density at radius 2 is 1.71 bits per heavy atom. The van der Waals surface area contributed by atoms with Crippen molar-refractivity contribution in [2.45, 2.75) is 20.0 Å². The summed E-state index contributed by atoms with van der Waals surface area (Å²) in [5, 5.41) is 10.3. The number of ether oxygens (including phenoxy) is 2. The number of hydrogen-bond donors (Lipinski definition) is 1. The van der Waals surface area contributed by atoms with Gasteiger partial charge in [-0.05, 0) is 37.1 Å². The molecule has 6 nitrogen and oxygen atoms in total. The predicted molar refractivity (Wildman–Crippen MR) is 109 cm³/mol. The molecule has 0 bridgehead atoms. The summed E-state index contributed by atoms with van der Waals surface area (Å²) < 4.78 is 10.9. The van der Waals surface area contributed by atoms with Crippen molar-refractivity contribution in [2.75, 3.05) is 38.3 Å². The Bertz CT molecular complexity index is 804. The zero-order chi connectivity index (χ0) is 20.1. The standard InChI is InChI=1S/C22H27N2O4/c1-16-7-6-8-17(2)22(16)24-12-11-23(21(26)14-24)13-18(25)15-28-20-10-5-4-9-19(20)27-3/h4-10,14,18,25H,11-13,15H2,1-3H3. The maximum absolute atomic E-state index is 12.6. The van der Waals surface area contributed by atoms with E-state index in [4.69, 9.17) is 9.47 Å². The van der Waals surface area contributed by atoms with E-state index in [2.05, 4.69) is 0 Å². The molecule has 0 aromatic heterocycles. The number of amides is 1. The molecule has 0 saturated carbocycles. The number of β-amino-alcohol motifs (C(OH)–C–C–N with tert-alkyl or cyclic N) is 1. The third-order valence-corrected chi connectivity index (χ3v) is 4.85. The predicted octanol–water partition coefficient (Wildman–Crippen LogP) is 2.56. The van der Waals surface area contributed by atoms with E-state index in [1.54, 1.807) is 30.7 Å². The Kier molecular flexibility index (Phi) is 6.41. The summed E-state index contributed by atoms with van der Waals surface area (Å²) >= 11 is 0. The van der Waals surface area contributed by atoms with Crippen molar-refractivity contribution in [2.24, 2.45) is 0 Å². The van der Waals surface area contributed by atoms with Crippen LogP contribution >= 0.6 is 0 Å². The summed E-state index contributed by atoms with van der Waals surface area (Å²) in [6.07, 6.45) is -0.783. The lowest BCUT2D eigenvalue weighted by atomic mass is 10.1. The second kappa shape index (κ2) is 8.97. The van der Waals surface area contributed by atoms with E-state index >= 15 is 0 Å². The van der Waals surface area contributed by atoms with Crippen LogP contribution in [0.2, 0.25) is 0 Å². The van der Waals surface area contributed by atoms with E-state index in [0.717, 1.165) is 16.8 Å². The molecule has 1 heterocycles. The quantitative estimate of drug-likeness (QED) is 0.796. The van der Waals surface area contributed by atoms with E-state index in [9.17, 15) is 9.90 Å². The Balaban J connectivity index is 1.54. The van der Waals surface area contributed by atoms with Crippen LogP contribution in [0.25, 0.3) is 0 Å². The third kappa shape index (κ3) is 4.57. The van der Waals surface area contributed by atoms with Crippen LogP contribution in [-0.2, 0) is 4.79 Å². The maximum Gasteiger partial charge on any atom is 0.248 e. The largest absolute Gasteiger partial charge is 0.493 e. The molecule has 1 unspecified atom stereocenters. The van der Waals surface area contributed by atoms with Crippen LogP contribution < -0.4 is 14.4 Å². The highest BCUT2D eigenvalue weighted by molar-refractivity contribution is 5.90. The second-order valence-corrected chi connectivity index (χ2v) is 6.96. The molecule has 149 valence electrons. The van der Waals surface area contributed by atoms with E-state index in [0.29, 0.717) is 24.6 Å². The summed E-state index contributed by atoms with van der Waals surface area (Å²) in [7, 11) is 1.57. The Morgan fingerprint density at radius 1 is 1.04 bits per heavy atom. The molecule has 1 aliphatic heterocycles. The van der Waals surface area contributed by atoms with Crippen molar-refractivity contribution in [1.29, 1.82) is 0 Å². The summed E-state index contributed by atoms with van der Waals surface area (Å²) in [4.78, 5) is 16.2. The zero-order valence-electron chi connectivity index (χ0n) is 16.6. The van der Waals surface area contributed by atoms with Gasteiger partial charge in [-0.15, -0.1) is 0 Å². The number of piperazine rings is 1. The van der Waals surface area contributed by atoms with Crippen LogP contribution in [0, 0.1) is 20.4 Å². The molecule has 0 aliphatic carbocycles. The lowest BCUT2D eigenvalue weighted by molar-refractivity contribution is -0.130. The molecule has 1 fully saturated rings. The molecule has 0 spiro atoms. The number of nitrogens with zero attached hydrogens (tertiary/aromatic N) is 2. The fraction of sp³-hybridized carbons (Fsp3) is 0.364. The van der Waals surface area contributed by atoms with Gasteiger partial charge in [0.25, 0.3) is 0 Å². The van der Waals surface area contributed by atoms with E-state index in [1.807, 2.05) is 49.1 Å². The first-order valence-corrected chi connectivity index (χ1v) is 9.40. The van der Waals surface area contributed by atoms with Gasteiger partial charge in [0, 0.05) is 18.8 Å². The first-order valence-electron chi connectivity index (χ1n) is 9.40. The number of hydrogen-bond acceptors (Lipinski definition) is 5. The minimum absolute atomic E-state index is 0.0881. The van der Waals surface area contributed by atoms with Gasteiger partial charge < -0.3 is 24.4 Å². The van der Waals surface area contributed by atoms with Crippen molar-refractivity contribution in [3.63, 3.8) is 0 Å². The molecular formula is C22H27N2O4. The highest BCUT2D eigenvalue weighted by Gasteiger charge is 2.27. The lowest BCUT2D eigenvalue weighted by Gasteiger charge is -2.37. The van der Waals surface area contributed by atoms with Crippen molar-refractivity contribution in [3.8, 4) is 11.5 Å². The minimum Gasteiger partial charge on any atom is -0.493 e. The normalized spacial score (nSPS) is 15.5. The SMILES string of the molecule is COc1ccccc1OCC(O)CN1CCN(c2c(C)cccc2C)[CH]C1=O. The van der Waals surface area contributed by atoms with Gasteiger partial charge in [-0.2, -0.15) is 0 Å². The van der Waals surface area contributed by atoms with Crippen LogP contribution in [0.5, 0.6) is 11.5 Å². The summed E-state index contributed by atoms with van der Waals surface area (Å²) in [5.41, 5.74) is 3.36. The molecule has 1 radical (unpaired) electrons. The molecule has 1 atom stereocenters. The Hall–Kier alpha value is -2.73. The highest BCUT2D eigenvalue weighted by Crippen LogP contribution is 2.28. The van der Waals surface area contributed by atoms with Crippen molar-refractivity contribution in [1.82, 2.24) is 4.90 Å². The molecule has 1 N–H and O–H groups in total. The van der Waals surface area contributed by atoms with Gasteiger partial charge in [-0.1, -0.05) is 30.3 Å². The average Bonchev–Trinajstić information content (AvgIpc) is 2.68. The fourth-order valence-corrected chi connectivity index (χ4v) is 3.47. The number of benzene rings is 2. The summed E-state index contributed by atoms with van der Waals surface area (Å²) in [6.45, 7) is 7.27.